The lowest BCUT2D eigenvalue weighted by Crippen LogP contribution is -2.48. The molecule has 0 bridgehead atoms. The van der Waals surface area contributed by atoms with Gasteiger partial charge >= 0.3 is 0 Å². The molecule has 28 heavy (non-hydrogen) atoms. The van der Waals surface area contributed by atoms with Gasteiger partial charge < -0.3 is 24.2 Å². The summed E-state index contributed by atoms with van der Waals surface area (Å²) in [6.45, 7) is 2.92. The fraction of sp³-hybridized carbons (Fsp3) is 0.579. The van der Waals surface area contributed by atoms with Crippen LogP contribution in [0.3, 0.4) is 0 Å². The van der Waals surface area contributed by atoms with E-state index in [4.69, 9.17) is 19.0 Å². The third-order valence-electron chi connectivity index (χ3n) is 5.10. The van der Waals surface area contributed by atoms with E-state index in [-0.39, 0.29) is 11.9 Å². The van der Waals surface area contributed by atoms with Crippen LogP contribution >= 0.6 is 0 Å². The normalized spacial score (nSPS) is 19.2. The molecule has 1 atom stereocenters. The standard InChI is InChI=1S/C19H25N5O4/c1-26-18-9-15(28-23-18)4-5-17(25)21-14-3-2-7-24(11-14)19-20-10-13-12-27-8-6-16(13)22-19/h9-10,14H,2-8,11-12H2,1H3,(H,21,25)/t14-/m1/s1. The van der Waals surface area contributed by atoms with E-state index in [2.05, 4.69) is 20.4 Å². The molecule has 9 nitrogen and oxygen atoms in total. The number of nitrogens with one attached hydrogen (secondary N) is 1. The summed E-state index contributed by atoms with van der Waals surface area (Å²) in [5.41, 5.74) is 2.14. The molecule has 2 aliphatic rings. The number of amides is 1. The lowest BCUT2D eigenvalue weighted by molar-refractivity contribution is -0.121. The molecule has 4 rings (SSSR count). The molecule has 1 amide bonds. The molecule has 0 spiro atoms. The van der Waals surface area contributed by atoms with E-state index < -0.39 is 0 Å². The number of aryl methyl sites for hydroxylation is 1. The van der Waals surface area contributed by atoms with Gasteiger partial charge in [0, 0.05) is 56.2 Å². The highest BCUT2D eigenvalue weighted by Crippen LogP contribution is 2.20. The third kappa shape index (κ3) is 4.41. The molecule has 0 aromatic carbocycles. The fourth-order valence-corrected chi connectivity index (χ4v) is 3.59. The van der Waals surface area contributed by atoms with Crippen molar-refractivity contribution in [1.29, 1.82) is 0 Å². The Balaban J connectivity index is 1.30. The van der Waals surface area contributed by atoms with E-state index in [0.717, 1.165) is 49.6 Å². The summed E-state index contributed by atoms with van der Waals surface area (Å²) in [6, 6.07) is 1.79. The zero-order chi connectivity index (χ0) is 19.3. The quantitative estimate of drug-likeness (QED) is 0.790. The van der Waals surface area contributed by atoms with Gasteiger partial charge in [-0.25, -0.2) is 9.97 Å². The number of anilines is 1. The molecule has 1 saturated heterocycles. The average Bonchev–Trinajstić information content (AvgIpc) is 3.20. The van der Waals surface area contributed by atoms with Gasteiger partial charge in [-0.15, -0.1) is 0 Å². The van der Waals surface area contributed by atoms with Crippen LogP contribution in [0.25, 0.3) is 0 Å². The number of hydrogen-bond acceptors (Lipinski definition) is 8. The number of nitrogens with zero attached hydrogens (tertiary/aromatic N) is 4. The van der Waals surface area contributed by atoms with Crippen molar-refractivity contribution in [1.82, 2.24) is 20.4 Å². The van der Waals surface area contributed by atoms with Gasteiger partial charge in [0.25, 0.3) is 5.88 Å². The van der Waals surface area contributed by atoms with Crippen LogP contribution < -0.4 is 15.0 Å². The molecular weight excluding hydrogens is 362 g/mol. The number of hydrogen-bond donors (Lipinski definition) is 1. The van der Waals surface area contributed by atoms with Crippen molar-refractivity contribution in [2.75, 3.05) is 31.7 Å². The number of ether oxygens (including phenoxy) is 2. The second-order valence-electron chi connectivity index (χ2n) is 7.13. The van der Waals surface area contributed by atoms with Crippen LogP contribution in [0.4, 0.5) is 5.95 Å². The van der Waals surface area contributed by atoms with E-state index in [9.17, 15) is 4.79 Å². The first kappa shape index (κ1) is 18.7. The Morgan fingerprint density at radius 1 is 1.46 bits per heavy atom. The summed E-state index contributed by atoms with van der Waals surface area (Å²) in [6.07, 6.45) is 5.49. The largest absolute Gasteiger partial charge is 0.479 e. The Labute approximate surface area is 163 Å². The van der Waals surface area contributed by atoms with Crippen LogP contribution in [0, 0.1) is 0 Å². The van der Waals surface area contributed by atoms with Crippen LogP contribution in [0.2, 0.25) is 0 Å². The number of carbonyl (C=O) groups is 1. The molecule has 0 unspecified atom stereocenters. The topological polar surface area (TPSA) is 103 Å². The Morgan fingerprint density at radius 2 is 2.39 bits per heavy atom. The van der Waals surface area contributed by atoms with Crippen LogP contribution in [-0.2, 0) is 29.0 Å². The Hall–Kier alpha value is -2.68. The molecule has 9 heteroatoms. The first-order valence-electron chi connectivity index (χ1n) is 9.67. The molecule has 1 fully saturated rings. The molecule has 2 aromatic rings. The maximum atomic E-state index is 12.3. The summed E-state index contributed by atoms with van der Waals surface area (Å²) in [7, 11) is 1.53. The fourth-order valence-electron chi connectivity index (χ4n) is 3.59. The molecular formula is C19H25N5O4. The second-order valence-corrected chi connectivity index (χ2v) is 7.13. The predicted molar refractivity (Wildman–Crippen MR) is 100 cm³/mol. The monoisotopic (exact) mass is 387 g/mol. The van der Waals surface area contributed by atoms with E-state index in [0.29, 0.717) is 37.7 Å². The molecule has 4 heterocycles. The smallest absolute Gasteiger partial charge is 0.254 e. The number of piperidine rings is 1. The van der Waals surface area contributed by atoms with Crippen molar-refractivity contribution in [2.24, 2.45) is 0 Å². The number of methoxy groups -OCH3 is 1. The van der Waals surface area contributed by atoms with Crippen molar-refractivity contribution in [3.8, 4) is 5.88 Å². The van der Waals surface area contributed by atoms with Gasteiger partial charge in [0.15, 0.2) is 0 Å². The molecule has 0 aliphatic carbocycles. The number of aromatic nitrogens is 3. The number of rotatable bonds is 6. The van der Waals surface area contributed by atoms with Gasteiger partial charge in [-0.2, -0.15) is 0 Å². The summed E-state index contributed by atoms with van der Waals surface area (Å²) in [4.78, 5) is 23.7. The summed E-state index contributed by atoms with van der Waals surface area (Å²) in [5, 5.41) is 6.87. The zero-order valence-electron chi connectivity index (χ0n) is 16.0. The van der Waals surface area contributed by atoms with Gasteiger partial charge in [-0.3, -0.25) is 4.79 Å². The average molecular weight is 387 g/mol. The van der Waals surface area contributed by atoms with E-state index >= 15 is 0 Å². The van der Waals surface area contributed by atoms with Gasteiger partial charge in [0.05, 0.1) is 26.0 Å². The van der Waals surface area contributed by atoms with Crippen molar-refractivity contribution >= 4 is 11.9 Å². The molecule has 2 aromatic heterocycles. The highest BCUT2D eigenvalue weighted by atomic mass is 16.5. The maximum Gasteiger partial charge on any atom is 0.254 e. The summed E-state index contributed by atoms with van der Waals surface area (Å²) >= 11 is 0. The number of carbonyl (C=O) groups excluding carboxylic acids is 1. The highest BCUT2D eigenvalue weighted by molar-refractivity contribution is 5.76. The Morgan fingerprint density at radius 3 is 3.25 bits per heavy atom. The molecule has 150 valence electrons. The summed E-state index contributed by atoms with van der Waals surface area (Å²) < 4.78 is 15.6. The van der Waals surface area contributed by atoms with Crippen molar-refractivity contribution in [3.63, 3.8) is 0 Å². The lowest BCUT2D eigenvalue weighted by atomic mass is 10.1. The minimum Gasteiger partial charge on any atom is -0.479 e. The Kier molecular flexibility index (Phi) is 5.70. The third-order valence-corrected chi connectivity index (χ3v) is 5.10. The SMILES string of the molecule is COc1cc(CCC(=O)N[C@@H]2CCCN(c3ncc4c(n3)CCOC4)C2)on1. The molecule has 0 radical (unpaired) electrons. The van der Waals surface area contributed by atoms with E-state index in [1.54, 1.807) is 6.07 Å². The lowest BCUT2D eigenvalue weighted by Gasteiger charge is -2.33. The zero-order valence-corrected chi connectivity index (χ0v) is 16.0. The van der Waals surface area contributed by atoms with Gasteiger partial charge in [0.2, 0.25) is 11.9 Å². The van der Waals surface area contributed by atoms with Crippen molar-refractivity contribution < 1.29 is 18.8 Å². The van der Waals surface area contributed by atoms with Crippen molar-refractivity contribution in [2.45, 2.75) is 44.8 Å². The first-order chi connectivity index (χ1) is 13.7. The van der Waals surface area contributed by atoms with Gasteiger partial charge in [-0.05, 0) is 18.0 Å². The van der Waals surface area contributed by atoms with Gasteiger partial charge in [-0.1, -0.05) is 0 Å². The Bertz CT molecular complexity index is 824. The van der Waals surface area contributed by atoms with Crippen LogP contribution in [0.1, 0.15) is 36.3 Å². The maximum absolute atomic E-state index is 12.3. The minimum absolute atomic E-state index is 0.00530. The van der Waals surface area contributed by atoms with Crippen LogP contribution in [0.15, 0.2) is 16.8 Å². The first-order valence-corrected chi connectivity index (χ1v) is 9.67. The van der Waals surface area contributed by atoms with Crippen LogP contribution in [0.5, 0.6) is 5.88 Å². The summed E-state index contributed by atoms with van der Waals surface area (Å²) in [5.74, 6) is 1.82. The van der Waals surface area contributed by atoms with Crippen LogP contribution in [-0.4, -0.2) is 53.9 Å². The highest BCUT2D eigenvalue weighted by Gasteiger charge is 2.24. The van der Waals surface area contributed by atoms with Gasteiger partial charge in [0.1, 0.15) is 5.76 Å². The number of fused-ring (bicyclic) bond motifs is 1. The molecule has 1 N–H and O–H groups in total. The second kappa shape index (κ2) is 8.55. The molecule has 2 aliphatic heterocycles. The molecule has 0 saturated carbocycles. The van der Waals surface area contributed by atoms with E-state index in [1.807, 2.05) is 6.20 Å². The predicted octanol–water partition coefficient (Wildman–Crippen LogP) is 1.26. The van der Waals surface area contributed by atoms with E-state index in [1.165, 1.54) is 7.11 Å². The van der Waals surface area contributed by atoms with Crippen molar-refractivity contribution in [3.05, 3.63) is 29.3 Å². The minimum atomic E-state index is 0.00530.